The Kier molecular flexibility index (Phi) is 3.41. The maximum Gasteiger partial charge on any atom is 0.146 e. The smallest absolute Gasteiger partial charge is 0.146 e. The van der Waals surface area contributed by atoms with Gasteiger partial charge in [0.05, 0.1) is 18.3 Å². The Balaban J connectivity index is 1.65. The monoisotopic (exact) mass is 258 g/mol. The van der Waals surface area contributed by atoms with E-state index in [2.05, 4.69) is 20.2 Å². The van der Waals surface area contributed by atoms with E-state index in [-0.39, 0.29) is 0 Å². The Labute approximate surface area is 112 Å². The van der Waals surface area contributed by atoms with E-state index in [1.54, 1.807) is 0 Å². The lowest BCUT2D eigenvalue weighted by Gasteiger charge is -2.23. The Bertz CT molecular complexity index is 506. The van der Waals surface area contributed by atoms with E-state index in [0.717, 1.165) is 31.7 Å². The molecule has 6 nitrogen and oxygen atoms in total. The summed E-state index contributed by atoms with van der Waals surface area (Å²) in [4.78, 5) is 2.45. The first-order chi connectivity index (χ1) is 9.33. The Morgan fingerprint density at radius 1 is 1.26 bits per heavy atom. The van der Waals surface area contributed by atoms with Gasteiger partial charge in [0, 0.05) is 18.9 Å². The molecule has 1 atom stereocenters. The normalized spacial score (nSPS) is 19.9. The third kappa shape index (κ3) is 2.73. The highest BCUT2D eigenvalue weighted by Gasteiger charge is 2.26. The number of nitrogens with zero attached hydrogens (tertiary/aromatic N) is 5. The molecule has 0 bridgehead atoms. The largest absolute Gasteiger partial charge is 0.382 e. The fourth-order valence-corrected chi connectivity index (χ4v) is 2.62. The van der Waals surface area contributed by atoms with Crippen LogP contribution in [0.4, 0.5) is 5.82 Å². The molecule has 0 aliphatic carbocycles. The summed E-state index contributed by atoms with van der Waals surface area (Å²) in [5, 5.41) is 12.4. The molecule has 0 spiro atoms. The van der Waals surface area contributed by atoms with Gasteiger partial charge >= 0.3 is 0 Å². The molecule has 1 aliphatic rings. The van der Waals surface area contributed by atoms with Crippen molar-refractivity contribution >= 4 is 5.82 Å². The lowest BCUT2D eigenvalue weighted by Crippen LogP contribution is -2.28. The van der Waals surface area contributed by atoms with Gasteiger partial charge in [0.1, 0.15) is 5.82 Å². The molecule has 2 aromatic rings. The van der Waals surface area contributed by atoms with Crippen LogP contribution in [0.1, 0.15) is 24.6 Å². The van der Waals surface area contributed by atoms with Crippen molar-refractivity contribution < 1.29 is 0 Å². The summed E-state index contributed by atoms with van der Waals surface area (Å²) in [6.45, 7) is 3.00. The summed E-state index contributed by atoms with van der Waals surface area (Å²) in [5.41, 5.74) is 6.60. The Hall–Kier alpha value is -1.95. The quantitative estimate of drug-likeness (QED) is 0.888. The van der Waals surface area contributed by atoms with Gasteiger partial charge in [0.2, 0.25) is 0 Å². The van der Waals surface area contributed by atoms with E-state index >= 15 is 0 Å². The summed E-state index contributed by atoms with van der Waals surface area (Å²) >= 11 is 0. The zero-order valence-corrected chi connectivity index (χ0v) is 10.8. The number of anilines is 1. The fourth-order valence-electron chi connectivity index (χ4n) is 2.62. The van der Waals surface area contributed by atoms with Crippen LogP contribution in [0, 0.1) is 0 Å². The zero-order chi connectivity index (χ0) is 13.1. The van der Waals surface area contributed by atoms with Crippen LogP contribution in [0.2, 0.25) is 0 Å². The number of likely N-dealkylation sites (tertiary alicyclic amines) is 1. The van der Waals surface area contributed by atoms with Crippen molar-refractivity contribution in [3.8, 4) is 0 Å². The second-order valence-electron chi connectivity index (χ2n) is 4.85. The molecule has 19 heavy (non-hydrogen) atoms. The first-order valence-electron chi connectivity index (χ1n) is 6.63. The van der Waals surface area contributed by atoms with Gasteiger partial charge in [-0.1, -0.05) is 0 Å². The van der Waals surface area contributed by atoms with Crippen LogP contribution >= 0.6 is 0 Å². The van der Waals surface area contributed by atoms with E-state index in [1.165, 1.54) is 6.42 Å². The number of hydrogen-bond donors (Lipinski definition) is 1. The molecule has 0 radical (unpaired) electrons. The van der Waals surface area contributed by atoms with Gasteiger partial charge in [-0.15, -0.1) is 5.10 Å². The highest BCUT2D eigenvalue weighted by molar-refractivity contribution is 5.26. The standard InChI is InChI=1S/C13H18N6/c14-13-5-4-11(16-17-13)12-3-1-7-18(12)9-10-19-8-2-6-15-19/h2,4-6,8,12H,1,3,7,9-10H2,(H2,14,17). The molecule has 100 valence electrons. The third-order valence-electron chi connectivity index (χ3n) is 3.59. The lowest BCUT2D eigenvalue weighted by atomic mass is 10.1. The molecule has 1 aliphatic heterocycles. The summed E-state index contributed by atoms with van der Waals surface area (Å²) in [6, 6.07) is 6.13. The summed E-state index contributed by atoms with van der Waals surface area (Å²) in [5.74, 6) is 0.477. The Morgan fingerprint density at radius 2 is 2.21 bits per heavy atom. The summed E-state index contributed by atoms with van der Waals surface area (Å²) < 4.78 is 1.96. The maximum absolute atomic E-state index is 5.58. The first-order valence-corrected chi connectivity index (χ1v) is 6.63. The van der Waals surface area contributed by atoms with E-state index in [0.29, 0.717) is 11.9 Å². The van der Waals surface area contributed by atoms with Gasteiger partial charge in [-0.2, -0.15) is 10.2 Å². The van der Waals surface area contributed by atoms with E-state index in [1.807, 2.05) is 35.3 Å². The molecular formula is C13H18N6. The molecule has 1 fully saturated rings. The second-order valence-corrected chi connectivity index (χ2v) is 4.85. The first kappa shape index (κ1) is 12.1. The van der Waals surface area contributed by atoms with Crippen LogP contribution < -0.4 is 5.73 Å². The molecule has 2 N–H and O–H groups in total. The van der Waals surface area contributed by atoms with E-state index in [4.69, 9.17) is 5.73 Å². The van der Waals surface area contributed by atoms with Gasteiger partial charge in [-0.25, -0.2) is 0 Å². The number of nitrogens with two attached hydrogens (primary N) is 1. The number of aromatic nitrogens is 4. The van der Waals surface area contributed by atoms with Crippen molar-refractivity contribution in [1.29, 1.82) is 0 Å². The average Bonchev–Trinajstić information content (AvgIpc) is 3.08. The zero-order valence-electron chi connectivity index (χ0n) is 10.8. The predicted octanol–water partition coefficient (Wildman–Crippen LogP) is 1.09. The molecule has 0 saturated carbocycles. The summed E-state index contributed by atoms with van der Waals surface area (Å²) in [6.07, 6.45) is 6.15. The molecule has 1 saturated heterocycles. The molecule has 3 heterocycles. The third-order valence-corrected chi connectivity index (χ3v) is 3.59. The van der Waals surface area contributed by atoms with E-state index < -0.39 is 0 Å². The molecule has 1 unspecified atom stereocenters. The van der Waals surface area contributed by atoms with Crippen molar-refractivity contribution in [3.05, 3.63) is 36.3 Å². The van der Waals surface area contributed by atoms with Crippen molar-refractivity contribution in [1.82, 2.24) is 24.9 Å². The molecule has 0 amide bonds. The van der Waals surface area contributed by atoms with Crippen molar-refractivity contribution in [2.24, 2.45) is 0 Å². The minimum atomic E-state index is 0.365. The van der Waals surface area contributed by atoms with Crippen LogP contribution in [-0.2, 0) is 6.54 Å². The van der Waals surface area contributed by atoms with Gasteiger partial charge in [-0.05, 0) is 37.6 Å². The van der Waals surface area contributed by atoms with E-state index in [9.17, 15) is 0 Å². The van der Waals surface area contributed by atoms with Crippen LogP contribution in [0.15, 0.2) is 30.6 Å². The van der Waals surface area contributed by atoms with Gasteiger partial charge in [-0.3, -0.25) is 9.58 Å². The Morgan fingerprint density at radius 3 is 2.95 bits per heavy atom. The molecular weight excluding hydrogens is 240 g/mol. The van der Waals surface area contributed by atoms with Crippen LogP contribution in [0.5, 0.6) is 0 Å². The van der Waals surface area contributed by atoms with Crippen LogP contribution in [-0.4, -0.2) is 38.0 Å². The molecule has 0 aromatic carbocycles. The van der Waals surface area contributed by atoms with Crippen LogP contribution in [0.3, 0.4) is 0 Å². The molecule has 2 aromatic heterocycles. The second kappa shape index (κ2) is 5.36. The maximum atomic E-state index is 5.58. The van der Waals surface area contributed by atoms with Crippen molar-refractivity contribution in [3.63, 3.8) is 0 Å². The number of hydrogen-bond acceptors (Lipinski definition) is 5. The predicted molar refractivity (Wildman–Crippen MR) is 72.2 cm³/mol. The minimum absolute atomic E-state index is 0.365. The van der Waals surface area contributed by atoms with Gasteiger partial charge < -0.3 is 5.73 Å². The van der Waals surface area contributed by atoms with Crippen molar-refractivity contribution in [2.45, 2.75) is 25.4 Å². The summed E-state index contributed by atoms with van der Waals surface area (Å²) in [7, 11) is 0. The van der Waals surface area contributed by atoms with Crippen molar-refractivity contribution in [2.75, 3.05) is 18.8 Å². The molecule has 3 rings (SSSR count). The fraction of sp³-hybridized carbons (Fsp3) is 0.462. The van der Waals surface area contributed by atoms with Gasteiger partial charge in [0.15, 0.2) is 0 Å². The number of rotatable bonds is 4. The highest BCUT2D eigenvalue weighted by atomic mass is 15.3. The molecule has 6 heteroatoms. The topological polar surface area (TPSA) is 72.9 Å². The average molecular weight is 258 g/mol. The minimum Gasteiger partial charge on any atom is -0.382 e. The number of nitrogen functional groups attached to an aromatic ring is 1. The van der Waals surface area contributed by atoms with Gasteiger partial charge in [0.25, 0.3) is 0 Å². The lowest BCUT2D eigenvalue weighted by molar-refractivity contribution is 0.238. The SMILES string of the molecule is Nc1ccc(C2CCCN2CCn2cccn2)nn1. The van der Waals surface area contributed by atoms with Crippen LogP contribution in [0.25, 0.3) is 0 Å². The highest BCUT2D eigenvalue weighted by Crippen LogP contribution is 2.30.